The van der Waals surface area contributed by atoms with Crippen LogP contribution in [0, 0.1) is 5.92 Å². The van der Waals surface area contributed by atoms with E-state index < -0.39 is 16.0 Å². The number of anilines is 2. The first-order valence-electron chi connectivity index (χ1n) is 10.7. The molecule has 0 atom stereocenters. The number of benzene rings is 2. The molecule has 0 spiro atoms. The lowest BCUT2D eigenvalue weighted by atomic mass is 9.97. The average molecular weight is 494 g/mol. The van der Waals surface area contributed by atoms with Crippen molar-refractivity contribution in [2.45, 2.75) is 24.7 Å². The minimum Gasteiger partial charge on any atom is -0.462 e. The predicted molar refractivity (Wildman–Crippen MR) is 128 cm³/mol. The zero-order chi connectivity index (χ0) is 24.2. The summed E-state index contributed by atoms with van der Waals surface area (Å²) in [5, 5.41) is 3.46. The average Bonchev–Trinajstić information content (AvgIpc) is 2.79. The van der Waals surface area contributed by atoms with Gasteiger partial charge >= 0.3 is 5.97 Å². The van der Waals surface area contributed by atoms with E-state index in [0.29, 0.717) is 29.1 Å². The zero-order valence-corrected chi connectivity index (χ0v) is 20.4. The monoisotopic (exact) mass is 493 g/mol. The third-order valence-electron chi connectivity index (χ3n) is 5.53. The maximum atomic E-state index is 13.0. The Morgan fingerprint density at radius 2 is 1.76 bits per heavy atom. The minimum atomic E-state index is -3.72. The smallest absolute Gasteiger partial charge is 0.338 e. The van der Waals surface area contributed by atoms with Crippen molar-refractivity contribution in [3.05, 3.63) is 53.1 Å². The van der Waals surface area contributed by atoms with Crippen molar-refractivity contribution >= 4 is 44.9 Å². The fourth-order valence-electron chi connectivity index (χ4n) is 3.72. The number of sulfonamides is 1. The number of carbonyl (C=O) groups excluding carboxylic acids is 2. The van der Waals surface area contributed by atoms with Gasteiger partial charge in [-0.1, -0.05) is 11.6 Å². The molecule has 0 saturated carbocycles. The highest BCUT2D eigenvalue weighted by molar-refractivity contribution is 7.89. The molecule has 3 rings (SSSR count). The summed E-state index contributed by atoms with van der Waals surface area (Å²) >= 11 is 6.09. The van der Waals surface area contributed by atoms with E-state index in [4.69, 9.17) is 16.3 Å². The molecule has 0 aliphatic carbocycles. The second kappa shape index (κ2) is 10.5. The van der Waals surface area contributed by atoms with Gasteiger partial charge in [0, 0.05) is 38.1 Å². The summed E-state index contributed by atoms with van der Waals surface area (Å²) in [5.74, 6) is -0.960. The lowest BCUT2D eigenvalue weighted by Crippen LogP contribution is -2.41. The standard InChI is InChI=1S/C23H28ClN3O5S/c1-4-32-23(29)17-5-8-19(9-6-17)33(30,31)27-13-11-16(12-14-27)22(28)25-20-15-18(24)7-10-21(20)26(2)3/h5-10,15-16H,4,11-14H2,1-3H3,(H,25,28). The van der Waals surface area contributed by atoms with Crippen molar-refractivity contribution in [1.82, 2.24) is 4.31 Å². The number of piperidine rings is 1. The van der Waals surface area contributed by atoms with E-state index in [1.165, 1.54) is 28.6 Å². The van der Waals surface area contributed by atoms with Crippen LogP contribution in [-0.4, -0.2) is 58.4 Å². The molecule has 0 unspecified atom stereocenters. The summed E-state index contributed by atoms with van der Waals surface area (Å²) in [5.41, 5.74) is 1.75. The Balaban J connectivity index is 1.64. The summed E-state index contributed by atoms with van der Waals surface area (Å²) in [7, 11) is 0.0300. The highest BCUT2D eigenvalue weighted by Gasteiger charge is 2.32. The summed E-state index contributed by atoms with van der Waals surface area (Å²) in [6.07, 6.45) is 0.813. The molecule has 8 nitrogen and oxygen atoms in total. The van der Waals surface area contributed by atoms with E-state index >= 15 is 0 Å². The first kappa shape index (κ1) is 25.0. The minimum absolute atomic E-state index is 0.105. The summed E-state index contributed by atoms with van der Waals surface area (Å²) in [6, 6.07) is 11.0. The van der Waals surface area contributed by atoms with Gasteiger partial charge in [0.05, 0.1) is 28.4 Å². The van der Waals surface area contributed by atoms with Crippen LogP contribution >= 0.6 is 11.6 Å². The first-order chi connectivity index (χ1) is 15.6. The van der Waals surface area contributed by atoms with E-state index in [-0.39, 0.29) is 36.4 Å². The summed E-state index contributed by atoms with van der Waals surface area (Å²) < 4.78 is 32.3. The van der Waals surface area contributed by atoms with Crippen molar-refractivity contribution in [2.24, 2.45) is 5.92 Å². The number of hydrogen-bond acceptors (Lipinski definition) is 6. The molecule has 2 aromatic carbocycles. The molecule has 33 heavy (non-hydrogen) atoms. The van der Waals surface area contributed by atoms with Crippen LogP contribution in [0.4, 0.5) is 11.4 Å². The van der Waals surface area contributed by atoms with E-state index in [9.17, 15) is 18.0 Å². The molecule has 1 fully saturated rings. The number of nitrogens with zero attached hydrogens (tertiary/aromatic N) is 2. The number of carbonyl (C=O) groups is 2. The molecule has 0 aromatic heterocycles. The van der Waals surface area contributed by atoms with Crippen molar-refractivity contribution in [3.63, 3.8) is 0 Å². The topological polar surface area (TPSA) is 96.0 Å². The Bertz CT molecular complexity index is 1110. The molecule has 1 saturated heterocycles. The van der Waals surface area contributed by atoms with Gasteiger partial charge in [-0.05, 0) is 62.2 Å². The maximum Gasteiger partial charge on any atom is 0.338 e. The lowest BCUT2D eigenvalue weighted by molar-refractivity contribution is -0.120. The van der Waals surface area contributed by atoms with Gasteiger partial charge in [-0.2, -0.15) is 4.31 Å². The van der Waals surface area contributed by atoms with Gasteiger partial charge in [-0.3, -0.25) is 4.79 Å². The molecule has 178 valence electrons. The van der Waals surface area contributed by atoms with Crippen LogP contribution in [0.25, 0.3) is 0 Å². The van der Waals surface area contributed by atoms with Crippen LogP contribution in [0.5, 0.6) is 0 Å². The van der Waals surface area contributed by atoms with Crippen LogP contribution in [0.1, 0.15) is 30.1 Å². The van der Waals surface area contributed by atoms with E-state index in [0.717, 1.165) is 5.69 Å². The number of amides is 1. The number of halogens is 1. The highest BCUT2D eigenvalue weighted by Crippen LogP contribution is 2.30. The van der Waals surface area contributed by atoms with Crippen LogP contribution in [0.2, 0.25) is 5.02 Å². The number of nitrogens with one attached hydrogen (secondary N) is 1. The van der Waals surface area contributed by atoms with Gasteiger partial charge in [0.15, 0.2) is 0 Å². The van der Waals surface area contributed by atoms with Crippen molar-refractivity contribution < 1.29 is 22.7 Å². The van der Waals surface area contributed by atoms with E-state index in [1.54, 1.807) is 19.1 Å². The fraction of sp³-hybridized carbons (Fsp3) is 0.391. The Kier molecular flexibility index (Phi) is 7.99. The Hall–Kier alpha value is -2.62. The molecule has 2 aromatic rings. The first-order valence-corrected chi connectivity index (χ1v) is 12.5. The normalized spacial score (nSPS) is 15.2. The van der Waals surface area contributed by atoms with Crippen LogP contribution in [-0.2, 0) is 19.6 Å². The van der Waals surface area contributed by atoms with Gasteiger partial charge in [-0.25, -0.2) is 13.2 Å². The van der Waals surface area contributed by atoms with Crippen molar-refractivity contribution in [2.75, 3.05) is 44.0 Å². The summed E-state index contributed by atoms with van der Waals surface area (Å²) in [4.78, 5) is 26.6. The Morgan fingerprint density at radius 3 is 2.33 bits per heavy atom. The quantitative estimate of drug-likeness (QED) is 0.592. The largest absolute Gasteiger partial charge is 0.462 e. The molecule has 1 aliphatic rings. The second-order valence-corrected chi connectivity index (χ2v) is 10.3. The van der Waals surface area contributed by atoms with Gasteiger partial charge < -0.3 is 15.0 Å². The highest BCUT2D eigenvalue weighted by atomic mass is 35.5. The lowest BCUT2D eigenvalue weighted by Gasteiger charge is -2.31. The predicted octanol–water partition coefficient (Wildman–Crippen LogP) is 3.62. The van der Waals surface area contributed by atoms with Crippen molar-refractivity contribution in [1.29, 1.82) is 0 Å². The van der Waals surface area contributed by atoms with Crippen LogP contribution in [0.15, 0.2) is 47.4 Å². The number of esters is 1. The third kappa shape index (κ3) is 5.85. The SMILES string of the molecule is CCOC(=O)c1ccc(S(=O)(=O)N2CCC(C(=O)Nc3cc(Cl)ccc3N(C)C)CC2)cc1. The maximum absolute atomic E-state index is 13.0. The van der Waals surface area contributed by atoms with Gasteiger partial charge in [0.25, 0.3) is 0 Å². The molecule has 1 aliphatic heterocycles. The molecule has 1 heterocycles. The molecular formula is C23H28ClN3O5S. The molecule has 1 amide bonds. The van der Waals surface area contributed by atoms with Crippen molar-refractivity contribution in [3.8, 4) is 0 Å². The molecule has 0 radical (unpaired) electrons. The van der Waals surface area contributed by atoms with E-state index in [1.807, 2.05) is 25.1 Å². The number of ether oxygens (including phenoxy) is 1. The van der Waals surface area contributed by atoms with Gasteiger partial charge in [0.2, 0.25) is 15.9 Å². The summed E-state index contributed by atoms with van der Waals surface area (Å²) in [6.45, 7) is 2.41. The Morgan fingerprint density at radius 1 is 1.12 bits per heavy atom. The third-order valence-corrected chi connectivity index (χ3v) is 7.67. The molecule has 10 heteroatoms. The van der Waals surface area contributed by atoms with Gasteiger partial charge in [0.1, 0.15) is 0 Å². The van der Waals surface area contributed by atoms with Crippen LogP contribution in [0.3, 0.4) is 0 Å². The fourth-order valence-corrected chi connectivity index (χ4v) is 5.36. The number of rotatable bonds is 7. The van der Waals surface area contributed by atoms with Crippen LogP contribution < -0.4 is 10.2 Å². The molecule has 1 N–H and O–H groups in total. The molecular weight excluding hydrogens is 466 g/mol. The zero-order valence-electron chi connectivity index (χ0n) is 18.9. The number of hydrogen-bond donors (Lipinski definition) is 1. The van der Waals surface area contributed by atoms with Gasteiger partial charge in [-0.15, -0.1) is 0 Å². The second-order valence-electron chi connectivity index (χ2n) is 7.97. The van der Waals surface area contributed by atoms with E-state index in [2.05, 4.69) is 5.32 Å². The Labute approximate surface area is 199 Å². The molecule has 0 bridgehead atoms.